The summed E-state index contributed by atoms with van der Waals surface area (Å²) < 4.78 is 0. The lowest BCUT2D eigenvalue weighted by molar-refractivity contribution is 0.0907. The number of hydrogen-bond acceptors (Lipinski definition) is 2. The molecular weight excluding hydrogens is 232 g/mol. The van der Waals surface area contributed by atoms with Crippen molar-refractivity contribution in [1.82, 2.24) is 10.2 Å². The lowest BCUT2D eigenvalue weighted by Crippen LogP contribution is -2.46. The van der Waals surface area contributed by atoms with E-state index in [9.17, 15) is 9.59 Å². The average Bonchev–Trinajstić information content (AvgIpc) is 2.40. The summed E-state index contributed by atoms with van der Waals surface area (Å²) in [6.45, 7) is 0.962. The molecule has 5 nitrogen and oxygen atoms in total. The van der Waals surface area contributed by atoms with Gasteiger partial charge < -0.3 is 15.3 Å². The molecule has 1 aromatic carbocycles. The summed E-state index contributed by atoms with van der Waals surface area (Å²) in [5.74, 6) is -0.0932. The summed E-state index contributed by atoms with van der Waals surface area (Å²) in [6, 6.07) is 9.10. The molecule has 0 atom stereocenters. The van der Waals surface area contributed by atoms with Gasteiger partial charge in [0.05, 0.1) is 0 Å². The van der Waals surface area contributed by atoms with Gasteiger partial charge in [0.1, 0.15) is 0 Å². The third-order valence-electron chi connectivity index (χ3n) is 3.14. The second kappa shape index (κ2) is 5.53. The second-order valence-corrected chi connectivity index (χ2v) is 4.38. The Morgan fingerprint density at radius 3 is 2.33 bits per heavy atom. The molecule has 5 heteroatoms. The lowest BCUT2D eigenvalue weighted by atomic mass is 10.0. The first kappa shape index (κ1) is 12.4. The fourth-order valence-electron chi connectivity index (χ4n) is 2.07. The van der Waals surface area contributed by atoms with Gasteiger partial charge in [0.25, 0.3) is 5.91 Å². The summed E-state index contributed by atoms with van der Waals surface area (Å²) >= 11 is 0. The molecule has 1 aliphatic rings. The van der Waals surface area contributed by atoms with Crippen LogP contribution in [0, 0.1) is 0 Å². The number of nitrogens with zero attached hydrogens (tertiary/aromatic N) is 1. The number of benzene rings is 1. The molecule has 0 unspecified atom stereocenters. The van der Waals surface area contributed by atoms with E-state index in [1.54, 1.807) is 12.1 Å². The molecule has 0 saturated carbocycles. The van der Waals surface area contributed by atoms with Crippen molar-refractivity contribution in [2.75, 3.05) is 13.1 Å². The maximum atomic E-state index is 11.9. The summed E-state index contributed by atoms with van der Waals surface area (Å²) in [4.78, 5) is 24.0. The fraction of sp³-hybridized carbons (Fsp3) is 0.385. The Bertz CT molecular complexity index is 425. The van der Waals surface area contributed by atoms with E-state index in [2.05, 4.69) is 5.32 Å². The number of piperidine rings is 1. The molecule has 1 fully saturated rings. The number of amides is 2. The molecule has 1 aromatic rings. The molecular formula is C13H16N2O3. The molecule has 1 saturated heterocycles. The molecule has 18 heavy (non-hydrogen) atoms. The van der Waals surface area contributed by atoms with Crippen molar-refractivity contribution in [3.05, 3.63) is 35.9 Å². The Hall–Kier alpha value is -2.04. The van der Waals surface area contributed by atoms with E-state index < -0.39 is 6.09 Å². The minimum absolute atomic E-state index is 0.0632. The number of carbonyl (C=O) groups is 2. The van der Waals surface area contributed by atoms with Crippen molar-refractivity contribution < 1.29 is 14.7 Å². The maximum Gasteiger partial charge on any atom is 0.407 e. The first-order valence-corrected chi connectivity index (χ1v) is 6.00. The van der Waals surface area contributed by atoms with Crippen molar-refractivity contribution >= 4 is 12.0 Å². The van der Waals surface area contributed by atoms with Gasteiger partial charge in [-0.1, -0.05) is 18.2 Å². The zero-order valence-electron chi connectivity index (χ0n) is 10.0. The Labute approximate surface area is 105 Å². The molecule has 2 N–H and O–H groups in total. The van der Waals surface area contributed by atoms with Crippen LogP contribution in [0.4, 0.5) is 4.79 Å². The molecule has 1 aliphatic heterocycles. The van der Waals surface area contributed by atoms with Gasteiger partial charge in [-0.05, 0) is 25.0 Å². The highest BCUT2D eigenvalue weighted by molar-refractivity contribution is 5.94. The van der Waals surface area contributed by atoms with Crippen molar-refractivity contribution in [3.63, 3.8) is 0 Å². The molecule has 2 rings (SSSR count). The highest BCUT2D eigenvalue weighted by Gasteiger charge is 2.23. The molecule has 0 bridgehead atoms. The van der Waals surface area contributed by atoms with E-state index in [1.807, 2.05) is 18.2 Å². The van der Waals surface area contributed by atoms with E-state index in [-0.39, 0.29) is 11.9 Å². The van der Waals surface area contributed by atoms with Crippen LogP contribution in [0.25, 0.3) is 0 Å². The van der Waals surface area contributed by atoms with Crippen LogP contribution >= 0.6 is 0 Å². The van der Waals surface area contributed by atoms with Crippen LogP contribution in [-0.4, -0.2) is 41.1 Å². The molecule has 2 amide bonds. The first-order valence-electron chi connectivity index (χ1n) is 6.00. The van der Waals surface area contributed by atoms with E-state index in [4.69, 9.17) is 5.11 Å². The molecule has 0 aromatic heterocycles. The van der Waals surface area contributed by atoms with Crippen LogP contribution in [0.1, 0.15) is 23.2 Å². The normalized spacial score (nSPS) is 16.3. The van der Waals surface area contributed by atoms with Crippen LogP contribution in [0.2, 0.25) is 0 Å². The summed E-state index contributed by atoms with van der Waals surface area (Å²) in [5, 5.41) is 11.8. The van der Waals surface area contributed by atoms with Crippen LogP contribution in [0.3, 0.4) is 0 Å². The Balaban J connectivity index is 1.85. The van der Waals surface area contributed by atoms with Gasteiger partial charge >= 0.3 is 6.09 Å². The van der Waals surface area contributed by atoms with Gasteiger partial charge in [-0.2, -0.15) is 0 Å². The van der Waals surface area contributed by atoms with Crippen molar-refractivity contribution in [1.29, 1.82) is 0 Å². The molecule has 0 radical (unpaired) electrons. The maximum absolute atomic E-state index is 11.9. The number of nitrogens with one attached hydrogen (secondary N) is 1. The van der Waals surface area contributed by atoms with Gasteiger partial charge in [-0.3, -0.25) is 4.79 Å². The highest BCUT2D eigenvalue weighted by atomic mass is 16.4. The minimum Gasteiger partial charge on any atom is -0.465 e. The topological polar surface area (TPSA) is 69.6 Å². The Morgan fingerprint density at radius 1 is 1.17 bits per heavy atom. The monoisotopic (exact) mass is 248 g/mol. The van der Waals surface area contributed by atoms with Crippen molar-refractivity contribution in [3.8, 4) is 0 Å². The van der Waals surface area contributed by atoms with Gasteiger partial charge in [0.15, 0.2) is 0 Å². The highest BCUT2D eigenvalue weighted by Crippen LogP contribution is 2.11. The first-order chi connectivity index (χ1) is 8.66. The number of carboxylic acid groups (broad SMARTS) is 1. The predicted molar refractivity (Wildman–Crippen MR) is 66.5 cm³/mol. The summed E-state index contributed by atoms with van der Waals surface area (Å²) in [6.07, 6.45) is 0.457. The van der Waals surface area contributed by atoms with E-state index in [1.165, 1.54) is 4.90 Å². The zero-order valence-corrected chi connectivity index (χ0v) is 10.0. The smallest absolute Gasteiger partial charge is 0.407 e. The lowest BCUT2D eigenvalue weighted by Gasteiger charge is -2.30. The Kier molecular flexibility index (Phi) is 3.82. The zero-order chi connectivity index (χ0) is 13.0. The Morgan fingerprint density at radius 2 is 1.78 bits per heavy atom. The molecule has 0 spiro atoms. The largest absolute Gasteiger partial charge is 0.465 e. The van der Waals surface area contributed by atoms with E-state index in [0.717, 1.165) is 0 Å². The van der Waals surface area contributed by atoms with E-state index >= 15 is 0 Å². The average molecular weight is 248 g/mol. The predicted octanol–water partition coefficient (Wildman–Crippen LogP) is 1.56. The fourth-order valence-corrected chi connectivity index (χ4v) is 2.07. The number of hydrogen-bond donors (Lipinski definition) is 2. The van der Waals surface area contributed by atoms with Crippen LogP contribution < -0.4 is 5.32 Å². The number of likely N-dealkylation sites (tertiary alicyclic amines) is 1. The van der Waals surface area contributed by atoms with Crippen LogP contribution in [0.5, 0.6) is 0 Å². The van der Waals surface area contributed by atoms with Gasteiger partial charge in [0.2, 0.25) is 0 Å². The quantitative estimate of drug-likeness (QED) is 0.834. The minimum atomic E-state index is -0.886. The van der Waals surface area contributed by atoms with Crippen LogP contribution in [-0.2, 0) is 0 Å². The SMILES string of the molecule is O=C(NC1CCN(C(=O)O)CC1)c1ccccc1. The molecule has 1 heterocycles. The van der Waals surface area contributed by atoms with Gasteiger partial charge in [-0.25, -0.2) is 4.79 Å². The van der Waals surface area contributed by atoms with Crippen molar-refractivity contribution in [2.24, 2.45) is 0 Å². The van der Waals surface area contributed by atoms with Crippen molar-refractivity contribution in [2.45, 2.75) is 18.9 Å². The van der Waals surface area contributed by atoms with Gasteiger partial charge in [0, 0.05) is 24.7 Å². The molecule has 96 valence electrons. The van der Waals surface area contributed by atoms with E-state index in [0.29, 0.717) is 31.5 Å². The summed E-state index contributed by atoms with van der Waals surface area (Å²) in [7, 11) is 0. The number of carbonyl (C=O) groups excluding carboxylic acids is 1. The standard InChI is InChI=1S/C13H16N2O3/c16-12(10-4-2-1-3-5-10)14-11-6-8-15(9-7-11)13(17)18/h1-5,11H,6-9H2,(H,14,16)(H,17,18). The van der Waals surface area contributed by atoms with Crippen LogP contribution in [0.15, 0.2) is 30.3 Å². The van der Waals surface area contributed by atoms with Gasteiger partial charge in [-0.15, -0.1) is 0 Å². The second-order valence-electron chi connectivity index (χ2n) is 4.38. The molecule has 0 aliphatic carbocycles. The third kappa shape index (κ3) is 3.00. The third-order valence-corrected chi connectivity index (χ3v) is 3.14. The number of rotatable bonds is 2. The summed E-state index contributed by atoms with van der Waals surface area (Å²) in [5.41, 5.74) is 0.637.